The van der Waals surface area contributed by atoms with E-state index in [1.807, 2.05) is 0 Å². The molecule has 0 radical (unpaired) electrons. The van der Waals surface area contributed by atoms with Crippen LogP contribution in [0.2, 0.25) is 0 Å². The minimum atomic E-state index is 1.09. The number of para-hydroxylation sites is 4. The van der Waals surface area contributed by atoms with Crippen LogP contribution in [0.5, 0.6) is 0 Å². The number of hydrogen-bond acceptors (Lipinski definition) is 1. The number of aromatic nitrogens is 1. The summed E-state index contributed by atoms with van der Waals surface area (Å²) in [6.07, 6.45) is 0. The lowest BCUT2D eigenvalue weighted by Gasteiger charge is -2.32. The zero-order valence-electron chi connectivity index (χ0n) is 29.7. The summed E-state index contributed by atoms with van der Waals surface area (Å²) < 4.78 is 0. The van der Waals surface area contributed by atoms with Gasteiger partial charge in [-0.1, -0.05) is 188 Å². The molecule has 0 amide bonds. The van der Waals surface area contributed by atoms with E-state index in [2.05, 4.69) is 222 Å². The lowest BCUT2D eigenvalue weighted by molar-refractivity contribution is 1.28. The highest BCUT2D eigenvalue weighted by Crippen LogP contribution is 2.51. The number of H-pyrrole nitrogens is 1. The number of fused-ring (bicyclic) bond motifs is 4. The highest BCUT2D eigenvalue weighted by molar-refractivity contribution is 6.17. The third kappa shape index (κ3) is 5.36. The Morgan fingerprint density at radius 3 is 1.44 bits per heavy atom. The van der Waals surface area contributed by atoms with Gasteiger partial charge in [0.25, 0.3) is 0 Å². The second-order valence-corrected chi connectivity index (χ2v) is 13.7. The van der Waals surface area contributed by atoms with Crippen LogP contribution in [-0.2, 0) is 0 Å². The van der Waals surface area contributed by atoms with Gasteiger partial charge in [-0.25, -0.2) is 0 Å². The van der Waals surface area contributed by atoms with E-state index in [9.17, 15) is 0 Å². The van der Waals surface area contributed by atoms with Gasteiger partial charge < -0.3 is 9.88 Å². The summed E-state index contributed by atoms with van der Waals surface area (Å²) >= 11 is 0. The molecule has 10 rings (SSSR count). The van der Waals surface area contributed by atoms with Crippen LogP contribution >= 0.6 is 0 Å². The van der Waals surface area contributed by atoms with Crippen molar-refractivity contribution >= 4 is 49.6 Å². The monoisotopic (exact) mass is 688 g/mol. The second kappa shape index (κ2) is 13.4. The SMILES string of the molecule is c1ccc(-c2ccccc2N(c2ccccc2-c2ccccc2)c2ccccc2-c2c(-c3cccc4ccccc34)ccc3c2[nH]c2ccccc23)cc1. The Morgan fingerprint density at radius 2 is 0.778 bits per heavy atom. The normalized spacial score (nSPS) is 11.3. The topological polar surface area (TPSA) is 19.0 Å². The Hall–Kier alpha value is -7.16. The predicted octanol–water partition coefficient (Wildman–Crippen LogP) is 14.6. The van der Waals surface area contributed by atoms with Crippen molar-refractivity contribution in [3.8, 4) is 44.5 Å². The molecule has 1 aromatic heterocycles. The molecule has 0 aliphatic rings. The van der Waals surface area contributed by atoms with Gasteiger partial charge in [-0.2, -0.15) is 0 Å². The van der Waals surface area contributed by atoms with E-state index in [4.69, 9.17) is 0 Å². The number of benzene rings is 9. The van der Waals surface area contributed by atoms with E-state index in [1.54, 1.807) is 0 Å². The molecule has 1 heterocycles. The van der Waals surface area contributed by atoms with Crippen molar-refractivity contribution < 1.29 is 0 Å². The number of rotatable bonds is 7. The molecule has 9 aromatic carbocycles. The molecule has 0 aliphatic carbocycles. The van der Waals surface area contributed by atoms with Crippen molar-refractivity contribution in [2.24, 2.45) is 0 Å². The zero-order chi connectivity index (χ0) is 35.8. The molecule has 54 heavy (non-hydrogen) atoms. The molecular weight excluding hydrogens is 653 g/mol. The first kappa shape index (κ1) is 31.6. The van der Waals surface area contributed by atoms with Crippen molar-refractivity contribution in [2.45, 2.75) is 0 Å². The molecular formula is C52H36N2. The van der Waals surface area contributed by atoms with E-state index < -0.39 is 0 Å². The molecule has 0 aliphatic heterocycles. The Bertz CT molecular complexity index is 2850. The van der Waals surface area contributed by atoms with Crippen LogP contribution in [0.25, 0.3) is 77.1 Å². The van der Waals surface area contributed by atoms with Gasteiger partial charge in [0, 0.05) is 38.5 Å². The molecule has 0 saturated carbocycles. The molecule has 0 unspecified atom stereocenters. The summed E-state index contributed by atoms with van der Waals surface area (Å²) in [5.74, 6) is 0. The van der Waals surface area contributed by atoms with Crippen LogP contribution in [0.1, 0.15) is 0 Å². The number of aromatic amines is 1. The van der Waals surface area contributed by atoms with Gasteiger partial charge in [-0.15, -0.1) is 0 Å². The average Bonchev–Trinajstić information content (AvgIpc) is 3.63. The smallest absolute Gasteiger partial charge is 0.0551 e. The van der Waals surface area contributed by atoms with Crippen molar-refractivity contribution in [2.75, 3.05) is 4.90 Å². The number of nitrogens with zero attached hydrogens (tertiary/aromatic N) is 1. The molecule has 254 valence electrons. The Balaban J connectivity index is 1.33. The maximum atomic E-state index is 3.90. The summed E-state index contributed by atoms with van der Waals surface area (Å²) in [4.78, 5) is 6.39. The molecule has 2 heteroatoms. The summed E-state index contributed by atoms with van der Waals surface area (Å²) in [5, 5.41) is 4.88. The van der Waals surface area contributed by atoms with Crippen LogP contribution in [0, 0.1) is 0 Å². The first-order valence-electron chi connectivity index (χ1n) is 18.5. The molecule has 0 fully saturated rings. The van der Waals surface area contributed by atoms with Gasteiger partial charge in [0.05, 0.1) is 22.6 Å². The highest BCUT2D eigenvalue weighted by atomic mass is 15.1. The van der Waals surface area contributed by atoms with Crippen LogP contribution in [0.15, 0.2) is 212 Å². The largest absolute Gasteiger partial charge is 0.354 e. The van der Waals surface area contributed by atoms with Crippen LogP contribution in [-0.4, -0.2) is 4.98 Å². The lowest BCUT2D eigenvalue weighted by Crippen LogP contribution is -2.13. The maximum Gasteiger partial charge on any atom is 0.0551 e. The number of anilines is 3. The summed E-state index contributed by atoms with van der Waals surface area (Å²) in [6.45, 7) is 0. The summed E-state index contributed by atoms with van der Waals surface area (Å²) in [6, 6.07) is 76.6. The van der Waals surface area contributed by atoms with Gasteiger partial charge in [-0.3, -0.25) is 0 Å². The third-order valence-electron chi connectivity index (χ3n) is 10.6. The fourth-order valence-corrected chi connectivity index (χ4v) is 8.21. The predicted molar refractivity (Wildman–Crippen MR) is 230 cm³/mol. The minimum Gasteiger partial charge on any atom is -0.354 e. The second-order valence-electron chi connectivity index (χ2n) is 13.7. The van der Waals surface area contributed by atoms with Crippen LogP contribution < -0.4 is 4.90 Å². The third-order valence-corrected chi connectivity index (χ3v) is 10.6. The van der Waals surface area contributed by atoms with E-state index >= 15 is 0 Å². The fraction of sp³-hybridized carbons (Fsp3) is 0. The Morgan fingerprint density at radius 1 is 0.296 bits per heavy atom. The molecule has 10 aromatic rings. The molecule has 0 spiro atoms. The van der Waals surface area contributed by atoms with Gasteiger partial charge in [-0.05, 0) is 57.3 Å². The van der Waals surface area contributed by atoms with Crippen molar-refractivity contribution in [1.82, 2.24) is 4.98 Å². The van der Waals surface area contributed by atoms with Gasteiger partial charge in [0.2, 0.25) is 0 Å². The summed E-state index contributed by atoms with van der Waals surface area (Å²) in [7, 11) is 0. The summed E-state index contributed by atoms with van der Waals surface area (Å²) in [5.41, 5.74) is 14.9. The first-order valence-corrected chi connectivity index (χ1v) is 18.5. The standard InChI is InChI=1S/C52H36N2/c1-3-18-37(19-4-1)40-25-10-14-31-48(40)54(49-32-15-11-26-41(49)38-20-5-2-6-21-38)50-33-16-12-28-46(50)51-44(42-29-17-23-36-22-7-8-24-39(36)42)34-35-45-43-27-9-13-30-47(43)53-52(45)51/h1-35,53H. The molecule has 0 bridgehead atoms. The first-order chi connectivity index (χ1) is 26.8. The van der Waals surface area contributed by atoms with Gasteiger partial charge in [0.1, 0.15) is 0 Å². The minimum absolute atomic E-state index is 1.09. The van der Waals surface area contributed by atoms with Gasteiger partial charge >= 0.3 is 0 Å². The van der Waals surface area contributed by atoms with Crippen molar-refractivity contribution in [3.05, 3.63) is 212 Å². The average molecular weight is 689 g/mol. The lowest BCUT2D eigenvalue weighted by atomic mass is 9.88. The molecule has 0 saturated heterocycles. The quantitative estimate of drug-likeness (QED) is 0.177. The zero-order valence-corrected chi connectivity index (χ0v) is 29.7. The van der Waals surface area contributed by atoms with E-state index in [1.165, 1.54) is 49.4 Å². The highest BCUT2D eigenvalue weighted by Gasteiger charge is 2.26. The van der Waals surface area contributed by atoms with Crippen molar-refractivity contribution in [1.29, 1.82) is 0 Å². The van der Waals surface area contributed by atoms with E-state index in [0.29, 0.717) is 0 Å². The van der Waals surface area contributed by atoms with Gasteiger partial charge in [0.15, 0.2) is 0 Å². The Labute approximate surface area is 315 Å². The van der Waals surface area contributed by atoms with Crippen LogP contribution in [0.4, 0.5) is 17.1 Å². The molecule has 1 N–H and O–H groups in total. The van der Waals surface area contributed by atoms with Crippen LogP contribution in [0.3, 0.4) is 0 Å². The molecule has 2 nitrogen and oxygen atoms in total. The maximum absolute atomic E-state index is 3.90. The van der Waals surface area contributed by atoms with Crippen molar-refractivity contribution in [3.63, 3.8) is 0 Å². The fourth-order valence-electron chi connectivity index (χ4n) is 8.21. The number of hydrogen-bond donors (Lipinski definition) is 1. The molecule has 0 atom stereocenters. The van der Waals surface area contributed by atoms with E-state index in [0.717, 1.165) is 44.8 Å². The Kier molecular flexibility index (Phi) is 7.85. The number of nitrogens with one attached hydrogen (secondary N) is 1. The van der Waals surface area contributed by atoms with E-state index in [-0.39, 0.29) is 0 Å².